The first-order chi connectivity index (χ1) is 6.76. The first-order valence-electron chi connectivity index (χ1n) is 5.46. The molecule has 0 amide bonds. The van der Waals surface area contributed by atoms with E-state index in [4.69, 9.17) is 0 Å². The van der Waals surface area contributed by atoms with Crippen molar-refractivity contribution in [1.82, 2.24) is 0 Å². The van der Waals surface area contributed by atoms with Crippen molar-refractivity contribution in [2.45, 2.75) is 52.5 Å². The Labute approximate surface area is 89.5 Å². The molecule has 0 heterocycles. The van der Waals surface area contributed by atoms with Gasteiger partial charge in [0.05, 0.1) is 6.04 Å². The maximum Gasteiger partial charge on any atom is 0.673 e. The van der Waals surface area contributed by atoms with Gasteiger partial charge in [0.1, 0.15) is 0 Å². The Morgan fingerprint density at radius 2 is 1.33 bits per heavy atom. The molecule has 0 aliphatic heterocycles. The summed E-state index contributed by atoms with van der Waals surface area (Å²) in [4.78, 5) is 0. The van der Waals surface area contributed by atoms with E-state index in [0.29, 0.717) is 6.04 Å². The topological polar surface area (TPSA) is 27.6 Å². The van der Waals surface area contributed by atoms with Crippen LogP contribution >= 0.6 is 0 Å². The summed E-state index contributed by atoms with van der Waals surface area (Å²) in [6.07, 6.45) is 5.17. The Balaban J connectivity index is 0. The summed E-state index contributed by atoms with van der Waals surface area (Å²) in [6, 6.07) is 0.694. The molecule has 1 unspecified atom stereocenters. The lowest BCUT2D eigenvalue weighted by Crippen LogP contribution is -2.64. The Hall–Kier alpha value is -0.255. The molecule has 0 spiro atoms. The van der Waals surface area contributed by atoms with E-state index in [0.717, 1.165) is 5.92 Å². The van der Waals surface area contributed by atoms with E-state index in [-0.39, 0.29) is 0 Å². The minimum Gasteiger partial charge on any atom is -0.418 e. The molecular weight excluding hydrogens is 209 g/mol. The quantitative estimate of drug-likeness (QED) is 0.556. The minimum absolute atomic E-state index is 0.694. The molecule has 0 aromatic carbocycles. The largest absolute Gasteiger partial charge is 0.673 e. The first kappa shape index (κ1) is 17.1. The zero-order valence-corrected chi connectivity index (χ0v) is 9.78. The molecule has 0 bridgehead atoms. The Bertz CT molecular complexity index is 131. The summed E-state index contributed by atoms with van der Waals surface area (Å²) < 4.78 is 39.0. The van der Waals surface area contributed by atoms with Crippen LogP contribution in [0.2, 0.25) is 0 Å². The Morgan fingerprint density at radius 1 is 1.00 bits per heavy atom. The molecule has 0 aromatic heterocycles. The van der Waals surface area contributed by atoms with Gasteiger partial charge >= 0.3 is 7.25 Å². The number of hydrogen-bond acceptors (Lipinski definition) is 0. The van der Waals surface area contributed by atoms with Gasteiger partial charge in [0.15, 0.2) is 0 Å². The fourth-order valence-corrected chi connectivity index (χ4v) is 1.56. The van der Waals surface area contributed by atoms with Gasteiger partial charge in [-0.15, -0.1) is 0 Å². The molecule has 1 atom stereocenters. The standard InChI is InChI=1S/C9H21N.BF4/c1-4-7-9(10)8(5-2)6-3;2-1(3,4)5/h8-9H,4-7,10H2,1-3H3;/q;-1/p+1. The maximum atomic E-state index is 9.75. The van der Waals surface area contributed by atoms with Gasteiger partial charge in [-0.3, -0.25) is 0 Å². The zero-order valence-electron chi connectivity index (χ0n) is 9.78. The van der Waals surface area contributed by atoms with E-state index in [1.807, 2.05) is 0 Å². The van der Waals surface area contributed by atoms with Crippen LogP contribution in [-0.4, -0.2) is 13.3 Å². The van der Waals surface area contributed by atoms with Crippen LogP contribution < -0.4 is 5.73 Å². The molecule has 0 rings (SSSR count). The molecule has 1 nitrogen and oxygen atoms in total. The van der Waals surface area contributed by atoms with E-state index < -0.39 is 7.25 Å². The smallest absolute Gasteiger partial charge is 0.418 e. The van der Waals surface area contributed by atoms with Crippen LogP contribution in [0.1, 0.15) is 46.5 Å². The Morgan fingerprint density at radius 3 is 1.53 bits per heavy atom. The molecule has 0 radical (unpaired) electrons. The number of rotatable bonds is 5. The first-order valence-corrected chi connectivity index (χ1v) is 5.46. The SMILES string of the molecule is CCCC([NH3+])C(CC)CC.F[B-](F)(F)F. The summed E-state index contributed by atoms with van der Waals surface area (Å²) in [5, 5.41) is 0. The van der Waals surface area contributed by atoms with Crippen molar-refractivity contribution in [1.29, 1.82) is 0 Å². The van der Waals surface area contributed by atoms with E-state index in [1.54, 1.807) is 0 Å². The third-order valence-electron chi connectivity index (χ3n) is 2.37. The summed E-state index contributed by atoms with van der Waals surface area (Å²) >= 11 is 0. The van der Waals surface area contributed by atoms with Crippen LogP contribution in [0.3, 0.4) is 0 Å². The van der Waals surface area contributed by atoms with Gasteiger partial charge < -0.3 is 23.0 Å². The average molecular weight is 231 g/mol. The van der Waals surface area contributed by atoms with Crippen LogP contribution in [0.5, 0.6) is 0 Å². The van der Waals surface area contributed by atoms with Crippen molar-refractivity contribution >= 4 is 7.25 Å². The molecule has 0 fully saturated rings. The zero-order chi connectivity index (χ0) is 12.5. The molecule has 0 aliphatic rings. The second kappa shape index (κ2) is 9.01. The highest BCUT2D eigenvalue weighted by atomic mass is 19.5. The number of halogens is 4. The van der Waals surface area contributed by atoms with E-state index in [1.165, 1.54) is 25.7 Å². The fraction of sp³-hybridized carbons (Fsp3) is 1.00. The fourth-order valence-electron chi connectivity index (χ4n) is 1.56. The predicted molar refractivity (Wildman–Crippen MR) is 55.8 cm³/mol. The van der Waals surface area contributed by atoms with Crippen LogP contribution in [-0.2, 0) is 0 Å². The van der Waals surface area contributed by atoms with Gasteiger partial charge in [0.25, 0.3) is 0 Å². The van der Waals surface area contributed by atoms with Gasteiger partial charge in [0, 0.05) is 5.92 Å². The molecule has 0 saturated carbocycles. The summed E-state index contributed by atoms with van der Waals surface area (Å²) in [5.74, 6) is 0.861. The van der Waals surface area contributed by atoms with E-state index in [9.17, 15) is 17.3 Å². The summed E-state index contributed by atoms with van der Waals surface area (Å²) in [5.41, 5.74) is 4.17. The minimum atomic E-state index is -6.00. The normalized spacial score (nSPS) is 13.4. The molecule has 0 aromatic rings. The molecule has 94 valence electrons. The molecule has 15 heavy (non-hydrogen) atoms. The van der Waals surface area contributed by atoms with Gasteiger partial charge in [-0.1, -0.05) is 27.2 Å². The third kappa shape index (κ3) is 16.4. The molecule has 3 N–H and O–H groups in total. The van der Waals surface area contributed by atoms with Crippen molar-refractivity contribution in [3.63, 3.8) is 0 Å². The highest BCUT2D eigenvalue weighted by Crippen LogP contribution is 2.13. The van der Waals surface area contributed by atoms with Crippen LogP contribution in [0.25, 0.3) is 0 Å². The second-order valence-electron chi connectivity index (χ2n) is 3.62. The number of quaternary nitrogens is 1. The lowest BCUT2D eigenvalue weighted by atomic mass is 9.92. The van der Waals surface area contributed by atoms with Crippen molar-refractivity contribution < 1.29 is 23.0 Å². The second-order valence-corrected chi connectivity index (χ2v) is 3.62. The predicted octanol–water partition coefficient (Wildman–Crippen LogP) is 3.13. The summed E-state index contributed by atoms with van der Waals surface area (Å²) in [6.45, 7) is 6.77. The van der Waals surface area contributed by atoms with Crippen LogP contribution in [0, 0.1) is 5.92 Å². The van der Waals surface area contributed by atoms with Crippen molar-refractivity contribution in [3.05, 3.63) is 0 Å². The van der Waals surface area contributed by atoms with Gasteiger partial charge in [-0.25, -0.2) is 0 Å². The molecular formula is C9H22BF4N. The molecule has 6 heteroatoms. The van der Waals surface area contributed by atoms with Gasteiger partial charge in [-0.2, -0.15) is 0 Å². The van der Waals surface area contributed by atoms with Gasteiger partial charge in [0.2, 0.25) is 0 Å². The molecule has 0 saturated heterocycles. The highest BCUT2D eigenvalue weighted by Gasteiger charge is 2.20. The van der Waals surface area contributed by atoms with Crippen LogP contribution in [0.4, 0.5) is 17.3 Å². The van der Waals surface area contributed by atoms with Crippen molar-refractivity contribution in [3.8, 4) is 0 Å². The summed E-state index contributed by atoms with van der Waals surface area (Å²) in [7, 11) is -6.00. The highest BCUT2D eigenvalue weighted by molar-refractivity contribution is 6.50. The lowest BCUT2D eigenvalue weighted by molar-refractivity contribution is -0.435. The van der Waals surface area contributed by atoms with E-state index >= 15 is 0 Å². The van der Waals surface area contributed by atoms with Crippen molar-refractivity contribution in [2.24, 2.45) is 5.92 Å². The monoisotopic (exact) mass is 231 g/mol. The molecule has 0 aliphatic carbocycles. The van der Waals surface area contributed by atoms with Gasteiger partial charge in [-0.05, 0) is 19.3 Å². The third-order valence-corrected chi connectivity index (χ3v) is 2.37. The Kier molecular flexibility index (Phi) is 10.3. The lowest BCUT2D eigenvalue weighted by Gasteiger charge is -2.16. The maximum absolute atomic E-state index is 9.75. The van der Waals surface area contributed by atoms with E-state index in [2.05, 4.69) is 26.5 Å². The number of hydrogen-bond donors (Lipinski definition) is 1. The average Bonchev–Trinajstić information content (AvgIpc) is 2.03. The van der Waals surface area contributed by atoms with Crippen molar-refractivity contribution in [2.75, 3.05) is 0 Å². The van der Waals surface area contributed by atoms with Crippen LogP contribution in [0.15, 0.2) is 0 Å².